The van der Waals surface area contributed by atoms with Crippen LogP contribution in [0, 0.1) is 0 Å². The highest BCUT2D eigenvalue weighted by molar-refractivity contribution is 5.86. The second kappa shape index (κ2) is 10.6. The second-order valence-electron chi connectivity index (χ2n) is 8.34. The van der Waals surface area contributed by atoms with Crippen molar-refractivity contribution in [2.45, 2.75) is 58.5 Å². The van der Waals surface area contributed by atoms with Gasteiger partial charge in [0.1, 0.15) is 11.6 Å². The number of nitrogens with zero attached hydrogens (tertiary/aromatic N) is 2. The number of rotatable bonds is 8. The zero-order valence-electron chi connectivity index (χ0n) is 18.2. The number of amides is 2. The minimum atomic E-state index is -0.583. The SMILES string of the molecule is COC[C@H](CCN1CCN(C(=O)OC(C)(C)C)[C@@H](C)C1=O)OCc1ccccc1. The quantitative estimate of drug-likeness (QED) is 0.664. The third-order valence-corrected chi connectivity index (χ3v) is 4.78. The van der Waals surface area contributed by atoms with Crippen LogP contribution in [0.1, 0.15) is 39.7 Å². The Kier molecular flexibility index (Phi) is 8.46. The Morgan fingerprint density at radius 1 is 1.21 bits per heavy atom. The molecule has 162 valence electrons. The summed E-state index contributed by atoms with van der Waals surface area (Å²) in [5.41, 5.74) is 0.518. The molecule has 1 aromatic carbocycles. The fourth-order valence-electron chi connectivity index (χ4n) is 3.21. The van der Waals surface area contributed by atoms with Crippen LogP contribution in [-0.2, 0) is 25.6 Å². The van der Waals surface area contributed by atoms with Crippen LogP contribution in [0.25, 0.3) is 0 Å². The summed E-state index contributed by atoms with van der Waals surface area (Å²) < 4.78 is 16.7. The van der Waals surface area contributed by atoms with Gasteiger partial charge < -0.3 is 19.1 Å². The van der Waals surface area contributed by atoms with E-state index in [-0.39, 0.29) is 12.0 Å². The molecule has 7 heteroatoms. The van der Waals surface area contributed by atoms with Crippen LogP contribution in [0.5, 0.6) is 0 Å². The number of hydrogen-bond acceptors (Lipinski definition) is 5. The first-order valence-corrected chi connectivity index (χ1v) is 10.1. The van der Waals surface area contributed by atoms with Gasteiger partial charge in [-0.2, -0.15) is 0 Å². The smallest absolute Gasteiger partial charge is 0.411 e. The molecule has 29 heavy (non-hydrogen) atoms. The fraction of sp³-hybridized carbons (Fsp3) is 0.636. The van der Waals surface area contributed by atoms with E-state index >= 15 is 0 Å². The number of benzene rings is 1. The van der Waals surface area contributed by atoms with E-state index in [9.17, 15) is 9.59 Å². The molecule has 2 amide bonds. The Hall–Kier alpha value is -2.12. The molecule has 0 aromatic heterocycles. The summed E-state index contributed by atoms with van der Waals surface area (Å²) in [6, 6.07) is 9.43. The molecule has 1 aliphatic heterocycles. The monoisotopic (exact) mass is 406 g/mol. The van der Waals surface area contributed by atoms with E-state index in [1.54, 1.807) is 18.9 Å². The van der Waals surface area contributed by atoms with Crippen LogP contribution < -0.4 is 0 Å². The number of ether oxygens (including phenoxy) is 3. The van der Waals surface area contributed by atoms with Gasteiger partial charge in [0, 0.05) is 26.7 Å². The molecule has 0 unspecified atom stereocenters. The van der Waals surface area contributed by atoms with Gasteiger partial charge in [-0.15, -0.1) is 0 Å². The molecular formula is C22H34N2O5. The van der Waals surface area contributed by atoms with Gasteiger partial charge >= 0.3 is 6.09 Å². The van der Waals surface area contributed by atoms with Gasteiger partial charge in [0.05, 0.1) is 19.3 Å². The highest BCUT2D eigenvalue weighted by atomic mass is 16.6. The Bertz CT molecular complexity index is 659. The van der Waals surface area contributed by atoms with Gasteiger partial charge in [0.25, 0.3) is 0 Å². The zero-order chi connectivity index (χ0) is 21.4. The molecule has 0 bridgehead atoms. The van der Waals surface area contributed by atoms with Gasteiger partial charge in [-0.05, 0) is 39.7 Å². The summed E-state index contributed by atoms with van der Waals surface area (Å²) >= 11 is 0. The average Bonchev–Trinajstić information content (AvgIpc) is 2.66. The number of hydrogen-bond donors (Lipinski definition) is 0. The molecule has 1 aromatic rings. The number of methoxy groups -OCH3 is 1. The molecule has 1 fully saturated rings. The standard InChI is InChI=1S/C22H34N2O5/c1-17-20(25)23(13-14-24(17)21(26)29-22(2,3)4)12-11-19(16-27-5)28-15-18-9-7-6-8-10-18/h6-10,17,19H,11-16H2,1-5H3/t17-,19-/m0/s1. The van der Waals surface area contributed by atoms with E-state index in [1.807, 2.05) is 51.1 Å². The number of carbonyl (C=O) groups is 2. The molecule has 1 saturated heterocycles. The lowest BCUT2D eigenvalue weighted by atomic mass is 10.1. The summed E-state index contributed by atoms with van der Waals surface area (Å²) in [4.78, 5) is 28.4. The highest BCUT2D eigenvalue weighted by Crippen LogP contribution is 2.17. The molecule has 1 aliphatic rings. The first-order chi connectivity index (χ1) is 13.7. The van der Waals surface area contributed by atoms with E-state index in [0.717, 1.165) is 5.56 Å². The van der Waals surface area contributed by atoms with E-state index in [0.29, 0.717) is 39.3 Å². The largest absolute Gasteiger partial charge is 0.444 e. The molecule has 0 N–H and O–H groups in total. The molecule has 0 spiro atoms. The summed E-state index contributed by atoms with van der Waals surface area (Å²) in [5, 5.41) is 0. The van der Waals surface area contributed by atoms with Crippen LogP contribution in [-0.4, -0.2) is 72.9 Å². The van der Waals surface area contributed by atoms with Crippen molar-refractivity contribution in [3.63, 3.8) is 0 Å². The molecule has 0 aliphatic carbocycles. The lowest BCUT2D eigenvalue weighted by molar-refractivity contribution is -0.141. The first-order valence-electron chi connectivity index (χ1n) is 10.1. The van der Waals surface area contributed by atoms with Crippen LogP contribution in [0.15, 0.2) is 30.3 Å². The number of piperazine rings is 1. The van der Waals surface area contributed by atoms with Gasteiger partial charge in [-0.25, -0.2) is 4.79 Å². The Morgan fingerprint density at radius 3 is 2.52 bits per heavy atom. The van der Waals surface area contributed by atoms with Crippen LogP contribution in [0.4, 0.5) is 4.79 Å². The van der Waals surface area contributed by atoms with E-state index in [4.69, 9.17) is 14.2 Å². The molecule has 0 radical (unpaired) electrons. The van der Waals surface area contributed by atoms with Gasteiger partial charge in [0.2, 0.25) is 5.91 Å². The third-order valence-electron chi connectivity index (χ3n) is 4.78. The average molecular weight is 407 g/mol. The molecule has 7 nitrogen and oxygen atoms in total. The van der Waals surface area contributed by atoms with Gasteiger partial charge in [-0.1, -0.05) is 30.3 Å². The normalized spacial score (nSPS) is 18.7. The lowest BCUT2D eigenvalue weighted by Gasteiger charge is -2.39. The number of carbonyl (C=O) groups excluding carboxylic acids is 2. The summed E-state index contributed by atoms with van der Waals surface area (Å²) in [6.07, 6.45) is 0.125. The maximum atomic E-state index is 12.8. The Morgan fingerprint density at radius 2 is 1.90 bits per heavy atom. The first kappa shape index (κ1) is 23.2. The van der Waals surface area contributed by atoms with Crippen molar-refractivity contribution in [1.29, 1.82) is 0 Å². The lowest BCUT2D eigenvalue weighted by Crippen LogP contribution is -2.58. The van der Waals surface area contributed by atoms with Crippen molar-refractivity contribution in [2.75, 3.05) is 33.4 Å². The minimum absolute atomic E-state index is 0.0682. The molecule has 0 saturated carbocycles. The minimum Gasteiger partial charge on any atom is -0.444 e. The fourth-order valence-corrected chi connectivity index (χ4v) is 3.21. The maximum Gasteiger partial charge on any atom is 0.411 e. The topological polar surface area (TPSA) is 68.3 Å². The second-order valence-corrected chi connectivity index (χ2v) is 8.34. The van der Waals surface area contributed by atoms with Crippen molar-refractivity contribution in [2.24, 2.45) is 0 Å². The predicted octanol–water partition coefficient (Wildman–Crippen LogP) is 3.08. The summed E-state index contributed by atoms with van der Waals surface area (Å²) in [6.45, 7) is 9.69. The van der Waals surface area contributed by atoms with Gasteiger partial charge in [0.15, 0.2) is 0 Å². The molecule has 2 rings (SSSR count). The molecule has 1 heterocycles. The van der Waals surface area contributed by atoms with E-state index in [1.165, 1.54) is 4.90 Å². The van der Waals surface area contributed by atoms with Crippen molar-refractivity contribution in [1.82, 2.24) is 9.80 Å². The van der Waals surface area contributed by atoms with Crippen molar-refractivity contribution >= 4 is 12.0 Å². The van der Waals surface area contributed by atoms with Crippen LogP contribution in [0.2, 0.25) is 0 Å². The Balaban J connectivity index is 1.85. The predicted molar refractivity (Wildman–Crippen MR) is 110 cm³/mol. The summed E-state index contributed by atoms with van der Waals surface area (Å²) in [7, 11) is 1.64. The van der Waals surface area contributed by atoms with Crippen LogP contribution in [0.3, 0.4) is 0 Å². The molecular weight excluding hydrogens is 372 g/mol. The zero-order valence-corrected chi connectivity index (χ0v) is 18.2. The van der Waals surface area contributed by atoms with Gasteiger partial charge in [-0.3, -0.25) is 9.69 Å². The van der Waals surface area contributed by atoms with E-state index in [2.05, 4.69) is 0 Å². The maximum absolute atomic E-state index is 12.8. The van der Waals surface area contributed by atoms with Crippen molar-refractivity contribution in [3.8, 4) is 0 Å². The van der Waals surface area contributed by atoms with Crippen molar-refractivity contribution < 1.29 is 23.8 Å². The third kappa shape index (κ3) is 7.33. The Labute approximate surface area is 173 Å². The van der Waals surface area contributed by atoms with Crippen molar-refractivity contribution in [3.05, 3.63) is 35.9 Å². The van der Waals surface area contributed by atoms with Crippen LogP contribution >= 0.6 is 0 Å². The van der Waals surface area contributed by atoms with E-state index < -0.39 is 17.7 Å². The summed E-state index contributed by atoms with van der Waals surface area (Å²) in [5.74, 6) is -0.0682. The molecule has 2 atom stereocenters. The highest BCUT2D eigenvalue weighted by Gasteiger charge is 2.36.